The van der Waals surface area contributed by atoms with Crippen LogP contribution < -0.4 is 10.1 Å². The molecule has 2 N–H and O–H groups in total. The molecule has 0 radical (unpaired) electrons. The van der Waals surface area contributed by atoms with Gasteiger partial charge in [0.05, 0.1) is 6.61 Å². The summed E-state index contributed by atoms with van der Waals surface area (Å²) in [5.74, 6) is 0.811. The number of rotatable bonds is 5. The quantitative estimate of drug-likeness (QED) is 0.798. The number of amides is 2. The van der Waals surface area contributed by atoms with E-state index in [0.29, 0.717) is 19.6 Å². The largest absolute Gasteiger partial charge is 0.473 e. The molecule has 0 aromatic heterocycles. The molecule has 0 atom stereocenters. The lowest BCUT2D eigenvalue weighted by Gasteiger charge is -2.34. The highest BCUT2D eigenvalue weighted by molar-refractivity contribution is 5.74. The molecule has 25 heavy (non-hydrogen) atoms. The molecule has 2 rings (SSSR count). The lowest BCUT2D eigenvalue weighted by atomic mass is 9.85. The van der Waals surface area contributed by atoms with Crippen LogP contribution in [0.15, 0.2) is 18.2 Å². The van der Waals surface area contributed by atoms with Gasteiger partial charge in [-0.3, -0.25) is 4.90 Å². The second kappa shape index (κ2) is 8.54. The molecule has 140 valence electrons. The van der Waals surface area contributed by atoms with E-state index in [1.54, 1.807) is 4.90 Å². The first-order valence-electron chi connectivity index (χ1n) is 8.91. The molecule has 1 saturated heterocycles. The van der Waals surface area contributed by atoms with Gasteiger partial charge >= 0.3 is 6.03 Å². The van der Waals surface area contributed by atoms with Crippen molar-refractivity contribution in [1.29, 1.82) is 0 Å². The Balaban J connectivity index is 1.84. The molecule has 0 aliphatic carbocycles. The van der Waals surface area contributed by atoms with Gasteiger partial charge in [-0.25, -0.2) is 4.79 Å². The number of nitrogens with one attached hydrogen (secondary N) is 1. The molecule has 1 aromatic rings. The van der Waals surface area contributed by atoms with Crippen molar-refractivity contribution in [2.75, 3.05) is 46.1 Å². The predicted octanol–water partition coefficient (Wildman–Crippen LogP) is 1.95. The molecule has 0 saturated carbocycles. The first-order chi connectivity index (χ1) is 11.8. The minimum Gasteiger partial charge on any atom is -0.473 e. The second-order valence-electron chi connectivity index (χ2n) is 7.57. The van der Waals surface area contributed by atoms with Crippen molar-refractivity contribution >= 4 is 6.03 Å². The summed E-state index contributed by atoms with van der Waals surface area (Å²) in [5.41, 5.74) is 2.32. The van der Waals surface area contributed by atoms with E-state index < -0.39 is 0 Å². The number of urea groups is 1. The van der Waals surface area contributed by atoms with Gasteiger partial charge in [-0.15, -0.1) is 0 Å². The van der Waals surface area contributed by atoms with Crippen molar-refractivity contribution in [3.8, 4) is 5.75 Å². The summed E-state index contributed by atoms with van der Waals surface area (Å²) >= 11 is 0. The maximum atomic E-state index is 12.3. The summed E-state index contributed by atoms with van der Waals surface area (Å²) < 4.78 is 5.84. The van der Waals surface area contributed by atoms with Gasteiger partial charge in [0.1, 0.15) is 5.75 Å². The SMILES string of the molecule is Cc1ccc(OCNC(=O)N2CCN(CCO)CC2)c(C(C)(C)C)c1. The monoisotopic (exact) mass is 349 g/mol. The van der Waals surface area contributed by atoms with Crippen molar-refractivity contribution in [3.05, 3.63) is 29.3 Å². The Hall–Kier alpha value is -1.79. The number of carbonyl (C=O) groups is 1. The molecule has 6 nitrogen and oxygen atoms in total. The third-order valence-corrected chi connectivity index (χ3v) is 4.47. The third-order valence-electron chi connectivity index (χ3n) is 4.47. The zero-order valence-corrected chi connectivity index (χ0v) is 15.8. The summed E-state index contributed by atoms with van der Waals surface area (Å²) in [6.45, 7) is 12.4. The zero-order chi connectivity index (χ0) is 18.4. The van der Waals surface area contributed by atoms with Gasteiger partial charge in [0.2, 0.25) is 0 Å². The normalized spacial score (nSPS) is 16.0. The van der Waals surface area contributed by atoms with Crippen molar-refractivity contribution in [1.82, 2.24) is 15.1 Å². The van der Waals surface area contributed by atoms with Gasteiger partial charge in [0.25, 0.3) is 0 Å². The molecule has 1 aliphatic heterocycles. The lowest BCUT2D eigenvalue weighted by molar-refractivity contribution is 0.118. The molecule has 0 unspecified atom stereocenters. The van der Waals surface area contributed by atoms with E-state index in [0.717, 1.165) is 24.4 Å². The summed E-state index contributed by atoms with van der Waals surface area (Å²) in [4.78, 5) is 16.2. The predicted molar refractivity (Wildman–Crippen MR) is 99.0 cm³/mol. The number of aliphatic hydroxyl groups is 1. The van der Waals surface area contributed by atoms with Crippen LogP contribution in [-0.2, 0) is 5.41 Å². The van der Waals surface area contributed by atoms with Crippen LogP contribution in [0.3, 0.4) is 0 Å². The van der Waals surface area contributed by atoms with Crippen LogP contribution in [0.1, 0.15) is 31.9 Å². The average molecular weight is 349 g/mol. The fraction of sp³-hybridized carbons (Fsp3) is 0.632. The van der Waals surface area contributed by atoms with Gasteiger partial charge in [-0.2, -0.15) is 0 Å². The highest BCUT2D eigenvalue weighted by Crippen LogP contribution is 2.31. The Morgan fingerprint density at radius 2 is 1.92 bits per heavy atom. The topological polar surface area (TPSA) is 65.0 Å². The summed E-state index contributed by atoms with van der Waals surface area (Å²) in [6.07, 6.45) is 0. The van der Waals surface area contributed by atoms with E-state index >= 15 is 0 Å². The van der Waals surface area contributed by atoms with Gasteiger partial charge in [-0.05, 0) is 24.0 Å². The van der Waals surface area contributed by atoms with Gasteiger partial charge in [0, 0.05) is 32.7 Å². The Morgan fingerprint density at radius 3 is 2.52 bits per heavy atom. The van der Waals surface area contributed by atoms with E-state index in [-0.39, 0.29) is 24.8 Å². The number of aliphatic hydroxyl groups excluding tert-OH is 1. The molecule has 0 bridgehead atoms. The van der Waals surface area contributed by atoms with Crippen molar-refractivity contribution in [2.24, 2.45) is 0 Å². The van der Waals surface area contributed by atoms with E-state index in [2.05, 4.69) is 44.0 Å². The smallest absolute Gasteiger partial charge is 0.320 e. The highest BCUT2D eigenvalue weighted by Gasteiger charge is 2.21. The van der Waals surface area contributed by atoms with E-state index in [4.69, 9.17) is 9.84 Å². The minimum atomic E-state index is -0.104. The minimum absolute atomic E-state index is 0.0194. The number of carbonyl (C=O) groups excluding carboxylic acids is 1. The fourth-order valence-corrected chi connectivity index (χ4v) is 2.96. The van der Waals surface area contributed by atoms with E-state index in [9.17, 15) is 4.79 Å². The number of hydrogen-bond acceptors (Lipinski definition) is 4. The number of hydrogen-bond donors (Lipinski definition) is 2. The molecule has 0 spiro atoms. The number of nitrogens with zero attached hydrogens (tertiary/aromatic N) is 2. The van der Waals surface area contributed by atoms with Crippen LogP contribution in [-0.4, -0.2) is 67.0 Å². The molecule has 2 amide bonds. The molecule has 1 heterocycles. The maximum absolute atomic E-state index is 12.3. The first-order valence-corrected chi connectivity index (χ1v) is 8.91. The van der Waals surface area contributed by atoms with Crippen LogP contribution in [0.5, 0.6) is 5.75 Å². The van der Waals surface area contributed by atoms with Crippen LogP contribution >= 0.6 is 0 Å². The van der Waals surface area contributed by atoms with Crippen LogP contribution in [0.25, 0.3) is 0 Å². The van der Waals surface area contributed by atoms with Gasteiger partial charge < -0.3 is 20.1 Å². The number of β-amino-alcohol motifs (C(OH)–C–C–N with tert-alkyl or cyclic N) is 1. The van der Waals surface area contributed by atoms with Crippen LogP contribution in [0.4, 0.5) is 4.79 Å². The molecular formula is C19H31N3O3. The highest BCUT2D eigenvalue weighted by atomic mass is 16.5. The molecular weight excluding hydrogens is 318 g/mol. The van der Waals surface area contributed by atoms with Crippen molar-refractivity contribution in [2.45, 2.75) is 33.1 Å². The Bertz CT molecular complexity index is 576. The van der Waals surface area contributed by atoms with Crippen molar-refractivity contribution < 1.29 is 14.6 Å². The third kappa shape index (κ3) is 5.61. The number of ether oxygens (including phenoxy) is 1. The lowest BCUT2D eigenvalue weighted by Crippen LogP contribution is -2.52. The van der Waals surface area contributed by atoms with E-state index in [1.165, 1.54) is 5.56 Å². The maximum Gasteiger partial charge on any atom is 0.320 e. The molecule has 1 fully saturated rings. The van der Waals surface area contributed by atoms with Crippen molar-refractivity contribution in [3.63, 3.8) is 0 Å². The Labute approximate surface area is 150 Å². The fourth-order valence-electron chi connectivity index (χ4n) is 2.96. The Kier molecular flexibility index (Phi) is 6.67. The van der Waals surface area contributed by atoms with E-state index in [1.807, 2.05) is 12.1 Å². The molecule has 1 aromatic carbocycles. The number of piperazine rings is 1. The standard InChI is InChI=1S/C19H31N3O3/c1-15-5-6-17(16(13-15)19(2,3)4)25-14-20-18(24)22-9-7-21(8-10-22)11-12-23/h5-6,13,23H,7-12,14H2,1-4H3,(H,20,24). The number of benzene rings is 1. The second-order valence-corrected chi connectivity index (χ2v) is 7.57. The summed E-state index contributed by atoms with van der Waals surface area (Å²) in [6, 6.07) is 6.02. The zero-order valence-electron chi connectivity index (χ0n) is 15.8. The van der Waals surface area contributed by atoms with Gasteiger partial charge in [0.15, 0.2) is 6.73 Å². The van der Waals surface area contributed by atoms with Gasteiger partial charge in [-0.1, -0.05) is 38.5 Å². The number of aryl methyl sites for hydroxylation is 1. The molecule has 6 heteroatoms. The molecule has 1 aliphatic rings. The summed E-state index contributed by atoms with van der Waals surface area (Å²) in [7, 11) is 0. The average Bonchev–Trinajstić information content (AvgIpc) is 2.56. The first kappa shape index (κ1) is 19.5. The summed E-state index contributed by atoms with van der Waals surface area (Å²) in [5, 5.41) is 11.8. The Morgan fingerprint density at radius 1 is 1.24 bits per heavy atom. The van der Waals surface area contributed by atoms with Crippen LogP contribution in [0.2, 0.25) is 0 Å². The van der Waals surface area contributed by atoms with Crippen LogP contribution in [0, 0.1) is 6.92 Å².